The van der Waals surface area contributed by atoms with Crippen LogP contribution in [0, 0.1) is 11.7 Å². The Balaban J connectivity index is 1.86. The van der Waals surface area contributed by atoms with Crippen LogP contribution < -0.4 is 9.04 Å². The molecular weight excluding hydrogens is 362 g/mol. The average molecular weight is 381 g/mol. The summed E-state index contributed by atoms with van der Waals surface area (Å²) in [5.74, 6) is -2.24. The summed E-state index contributed by atoms with van der Waals surface area (Å²) in [6, 6.07) is 4.01. The number of halogens is 4. The molecule has 1 saturated carbocycles. The van der Waals surface area contributed by atoms with Crippen LogP contribution >= 0.6 is 0 Å². The average Bonchev–Trinajstić information content (AvgIpc) is 2.54. The lowest BCUT2D eigenvalue weighted by Gasteiger charge is -2.38. The molecule has 140 valence electrons. The van der Waals surface area contributed by atoms with Crippen LogP contribution in [0.2, 0.25) is 0 Å². The third-order valence-electron chi connectivity index (χ3n) is 4.82. The van der Waals surface area contributed by atoms with E-state index in [1.807, 2.05) is 0 Å². The fraction of sp³-hybridized carbons (Fsp3) is 0.625. The van der Waals surface area contributed by atoms with Gasteiger partial charge in [0, 0.05) is 0 Å². The van der Waals surface area contributed by atoms with Gasteiger partial charge in [-0.15, -0.1) is 0 Å². The van der Waals surface area contributed by atoms with E-state index in [1.54, 1.807) is 6.92 Å². The summed E-state index contributed by atoms with van der Waals surface area (Å²) >= 11 is 0. The minimum Gasteiger partial charge on any atom is -0.484 e. The van der Waals surface area contributed by atoms with Crippen LogP contribution in [-0.4, -0.2) is 32.5 Å². The first kappa shape index (κ1) is 18.3. The van der Waals surface area contributed by atoms with Gasteiger partial charge in [-0.3, -0.25) is 4.31 Å². The number of anilines is 1. The van der Waals surface area contributed by atoms with E-state index >= 15 is 0 Å². The number of rotatable bonds is 2. The molecule has 1 unspecified atom stereocenters. The van der Waals surface area contributed by atoms with Gasteiger partial charge in [-0.2, -0.15) is 13.2 Å². The van der Waals surface area contributed by atoms with E-state index in [9.17, 15) is 26.0 Å². The molecule has 1 aliphatic heterocycles. The predicted octanol–water partition coefficient (Wildman–Crippen LogP) is 3.86. The molecular formula is C16H19F4NO3S. The molecule has 1 atom stereocenters. The minimum atomic E-state index is -4.29. The zero-order valence-corrected chi connectivity index (χ0v) is 14.4. The van der Waals surface area contributed by atoms with Gasteiger partial charge in [-0.1, -0.05) is 6.07 Å². The molecule has 1 heterocycles. The fourth-order valence-electron chi connectivity index (χ4n) is 3.49. The van der Waals surface area contributed by atoms with Crippen molar-refractivity contribution in [3.63, 3.8) is 0 Å². The van der Waals surface area contributed by atoms with Crippen molar-refractivity contribution in [3.05, 3.63) is 24.0 Å². The summed E-state index contributed by atoms with van der Waals surface area (Å²) in [6.45, 7) is 1.64. The largest absolute Gasteiger partial charge is 0.484 e. The fourth-order valence-corrected chi connectivity index (χ4v) is 5.55. The van der Waals surface area contributed by atoms with Crippen molar-refractivity contribution in [2.45, 2.75) is 50.1 Å². The molecule has 1 aromatic rings. The van der Waals surface area contributed by atoms with E-state index in [-0.39, 0.29) is 43.7 Å². The first-order chi connectivity index (χ1) is 11.6. The second kappa shape index (κ2) is 6.34. The molecule has 25 heavy (non-hydrogen) atoms. The number of para-hydroxylation sites is 1. The van der Waals surface area contributed by atoms with Crippen LogP contribution in [0.5, 0.6) is 5.75 Å². The van der Waals surface area contributed by atoms with E-state index in [2.05, 4.69) is 0 Å². The minimum absolute atomic E-state index is 0.0119. The third kappa shape index (κ3) is 3.43. The highest BCUT2D eigenvalue weighted by Gasteiger charge is 2.46. The van der Waals surface area contributed by atoms with Gasteiger partial charge in [0.2, 0.25) is 10.0 Å². The van der Waals surface area contributed by atoms with E-state index in [0.717, 1.165) is 4.31 Å². The van der Waals surface area contributed by atoms with Gasteiger partial charge in [0.1, 0.15) is 6.10 Å². The van der Waals surface area contributed by atoms with Crippen molar-refractivity contribution in [1.29, 1.82) is 0 Å². The van der Waals surface area contributed by atoms with Gasteiger partial charge in [-0.05, 0) is 44.7 Å². The molecule has 0 saturated heterocycles. The van der Waals surface area contributed by atoms with Crippen LogP contribution in [0.4, 0.5) is 23.2 Å². The van der Waals surface area contributed by atoms with Crippen molar-refractivity contribution in [3.8, 4) is 5.75 Å². The molecule has 0 aromatic heterocycles. The van der Waals surface area contributed by atoms with Crippen molar-refractivity contribution >= 4 is 15.7 Å². The molecule has 1 aliphatic carbocycles. The van der Waals surface area contributed by atoms with E-state index < -0.39 is 39.3 Å². The van der Waals surface area contributed by atoms with Gasteiger partial charge in [0.15, 0.2) is 11.6 Å². The van der Waals surface area contributed by atoms with Crippen molar-refractivity contribution in [1.82, 2.24) is 0 Å². The Labute approximate surface area is 143 Å². The van der Waals surface area contributed by atoms with Crippen molar-refractivity contribution < 1.29 is 30.7 Å². The Morgan fingerprint density at radius 3 is 2.40 bits per heavy atom. The Morgan fingerprint density at radius 1 is 1.16 bits per heavy atom. The van der Waals surface area contributed by atoms with Crippen LogP contribution in [0.3, 0.4) is 0 Å². The normalized spacial score (nSPS) is 27.6. The zero-order chi connectivity index (χ0) is 18.4. The Hall–Kier alpha value is -1.51. The second-order valence-electron chi connectivity index (χ2n) is 6.61. The number of fused-ring (bicyclic) bond motifs is 1. The number of alkyl halides is 3. The van der Waals surface area contributed by atoms with E-state index in [4.69, 9.17) is 4.74 Å². The standard InChI is InChI=1S/C16H19F4NO3S/c1-10-9-21(14-4-2-3-13(17)15(14)24-10)25(22,23)12-7-5-11(6-8-12)16(18,19)20/h2-4,10-12H,5-9H2,1H3. The van der Waals surface area contributed by atoms with Gasteiger partial charge in [0.05, 0.1) is 23.4 Å². The topological polar surface area (TPSA) is 46.6 Å². The smallest absolute Gasteiger partial charge is 0.391 e. The Kier molecular flexibility index (Phi) is 4.63. The van der Waals surface area contributed by atoms with E-state index in [0.29, 0.717) is 0 Å². The zero-order valence-electron chi connectivity index (χ0n) is 13.6. The first-order valence-corrected chi connectivity index (χ1v) is 9.64. The molecule has 0 N–H and O–H groups in total. The lowest BCUT2D eigenvalue weighted by Crippen LogP contribution is -2.47. The number of ether oxygens (including phenoxy) is 1. The molecule has 2 aliphatic rings. The van der Waals surface area contributed by atoms with Crippen LogP contribution in [-0.2, 0) is 10.0 Å². The summed E-state index contributed by atoms with van der Waals surface area (Å²) in [5.41, 5.74) is 0.107. The molecule has 0 spiro atoms. The summed E-state index contributed by atoms with van der Waals surface area (Å²) in [5, 5.41) is -0.896. The van der Waals surface area contributed by atoms with E-state index in [1.165, 1.54) is 18.2 Å². The molecule has 0 bridgehead atoms. The molecule has 0 amide bonds. The molecule has 9 heteroatoms. The second-order valence-corrected chi connectivity index (χ2v) is 8.75. The quantitative estimate of drug-likeness (QED) is 0.731. The van der Waals surface area contributed by atoms with Gasteiger partial charge >= 0.3 is 6.18 Å². The highest BCUT2D eigenvalue weighted by Crippen LogP contribution is 2.42. The highest BCUT2D eigenvalue weighted by atomic mass is 32.2. The maximum atomic E-state index is 14.0. The highest BCUT2D eigenvalue weighted by molar-refractivity contribution is 7.93. The number of nitrogens with zero attached hydrogens (tertiary/aromatic N) is 1. The number of hydrogen-bond donors (Lipinski definition) is 0. The molecule has 1 aromatic carbocycles. The lowest BCUT2D eigenvalue weighted by molar-refractivity contribution is -0.181. The first-order valence-electron chi connectivity index (χ1n) is 8.14. The Morgan fingerprint density at radius 2 is 1.80 bits per heavy atom. The molecule has 4 nitrogen and oxygen atoms in total. The van der Waals surface area contributed by atoms with Gasteiger partial charge < -0.3 is 4.74 Å². The van der Waals surface area contributed by atoms with Gasteiger partial charge in [-0.25, -0.2) is 12.8 Å². The molecule has 1 fully saturated rings. The summed E-state index contributed by atoms with van der Waals surface area (Å²) in [7, 11) is -3.90. The predicted molar refractivity (Wildman–Crippen MR) is 84.6 cm³/mol. The SMILES string of the molecule is CC1CN(S(=O)(=O)C2CCC(C(F)(F)F)CC2)c2cccc(F)c2O1. The third-order valence-corrected chi connectivity index (χ3v) is 7.10. The Bertz CT molecular complexity index is 742. The van der Waals surface area contributed by atoms with Crippen LogP contribution in [0.1, 0.15) is 32.6 Å². The van der Waals surface area contributed by atoms with Crippen LogP contribution in [0.15, 0.2) is 18.2 Å². The number of benzene rings is 1. The van der Waals surface area contributed by atoms with Crippen LogP contribution in [0.25, 0.3) is 0 Å². The number of sulfonamides is 1. The maximum absolute atomic E-state index is 14.0. The van der Waals surface area contributed by atoms with Crippen molar-refractivity contribution in [2.75, 3.05) is 10.8 Å². The monoisotopic (exact) mass is 381 g/mol. The molecule has 3 rings (SSSR count). The maximum Gasteiger partial charge on any atom is 0.391 e. The van der Waals surface area contributed by atoms with Gasteiger partial charge in [0.25, 0.3) is 0 Å². The summed E-state index contributed by atoms with van der Waals surface area (Å²) in [6.07, 6.45) is -5.36. The summed E-state index contributed by atoms with van der Waals surface area (Å²) < 4.78 is 84.8. The number of hydrogen-bond acceptors (Lipinski definition) is 3. The molecule has 0 radical (unpaired) electrons. The van der Waals surface area contributed by atoms with Crippen molar-refractivity contribution in [2.24, 2.45) is 5.92 Å². The lowest BCUT2D eigenvalue weighted by atomic mass is 9.88. The summed E-state index contributed by atoms with van der Waals surface area (Å²) in [4.78, 5) is 0.